The number of aryl methyl sites for hydroxylation is 1. The number of fused-ring (bicyclic) bond motifs is 1. The monoisotopic (exact) mass is 260 g/mol. The lowest BCUT2D eigenvalue weighted by Crippen LogP contribution is -2.44. The Morgan fingerprint density at radius 2 is 1.89 bits per heavy atom. The van der Waals surface area contributed by atoms with Crippen LogP contribution in [0.1, 0.15) is 29.5 Å². The highest BCUT2D eigenvalue weighted by Crippen LogP contribution is 2.30. The van der Waals surface area contributed by atoms with Gasteiger partial charge in [0.2, 0.25) is 0 Å². The van der Waals surface area contributed by atoms with Gasteiger partial charge in [0.15, 0.2) is 0 Å². The summed E-state index contributed by atoms with van der Waals surface area (Å²) in [7, 11) is 0. The van der Waals surface area contributed by atoms with Gasteiger partial charge in [0.05, 0.1) is 0 Å². The number of nitrogens with zero attached hydrogens (tertiary/aromatic N) is 1. The van der Waals surface area contributed by atoms with Crippen molar-refractivity contribution in [1.82, 2.24) is 10.2 Å². The van der Waals surface area contributed by atoms with Gasteiger partial charge in [0.25, 0.3) is 0 Å². The van der Waals surface area contributed by atoms with E-state index in [9.17, 15) is 5.11 Å². The van der Waals surface area contributed by atoms with Gasteiger partial charge >= 0.3 is 0 Å². The van der Waals surface area contributed by atoms with E-state index in [2.05, 4.69) is 16.3 Å². The third-order valence-electron chi connectivity index (χ3n) is 4.51. The predicted molar refractivity (Wildman–Crippen MR) is 77.8 cm³/mol. The summed E-state index contributed by atoms with van der Waals surface area (Å²) in [5.74, 6) is 0.510. The number of hydrogen-bond acceptors (Lipinski definition) is 3. The largest absolute Gasteiger partial charge is 0.508 e. The fourth-order valence-electron chi connectivity index (χ4n) is 3.38. The van der Waals surface area contributed by atoms with Crippen molar-refractivity contribution in [3.05, 3.63) is 28.8 Å². The molecule has 104 valence electrons. The lowest BCUT2D eigenvalue weighted by Gasteiger charge is -2.28. The zero-order valence-corrected chi connectivity index (χ0v) is 11.6. The summed E-state index contributed by atoms with van der Waals surface area (Å²) in [5.41, 5.74) is 4.14. The second-order valence-corrected chi connectivity index (χ2v) is 5.75. The molecule has 1 heterocycles. The molecule has 1 saturated heterocycles. The Balaban J connectivity index is 1.72. The molecule has 19 heavy (non-hydrogen) atoms. The Morgan fingerprint density at radius 1 is 1.11 bits per heavy atom. The summed E-state index contributed by atoms with van der Waals surface area (Å²) >= 11 is 0. The lowest BCUT2D eigenvalue weighted by molar-refractivity contribution is 0.243. The molecule has 1 aliphatic carbocycles. The van der Waals surface area contributed by atoms with E-state index in [0.29, 0.717) is 5.75 Å². The van der Waals surface area contributed by atoms with Crippen LogP contribution in [0.5, 0.6) is 5.75 Å². The third-order valence-corrected chi connectivity index (χ3v) is 4.51. The Labute approximate surface area is 115 Å². The van der Waals surface area contributed by atoms with Crippen LogP contribution in [0.3, 0.4) is 0 Å². The molecule has 0 atom stereocenters. The normalized spacial score (nSPS) is 20.2. The molecule has 3 rings (SSSR count). The molecule has 2 aliphatic rings. The van der Waals surface area contributed by atoms with Gasteiger partial charge in [-0.1, -0.05) is 6.07 Å². The molecule has 0 aromatic heterocycles. The Bertz CT molecular complexity index is 439. The molecule has 0 amide bonds. The first-order valence-corrected chi connectivity index (χ1v) is 7.60. The highest BCUT2D eigenvalue weighted by Gasteiger charge is 2.17. The van der Waals surface area contributed by atoms with Crippen LogP contribution in [0.4, 0.5) is 0 Å². The van der Waals surface area contributed by atoms with Crippen molar-refractivity contribution in [2.24, 2.45) is 0 Å². The highest BCUT2D eigenvalue weighted by molar-refractivity contribution is 5.45. The van der Waals surface area contributed by atoms with E-state index in [0.717, 1.165) is 45.6 Å². The van der Waals surface area contributed by atoms with E-state index in [1.807, 2.05) is 6.07 Å². The molecule has 1 aromatic rings. The summed E-state index contributed by atoms with van der Waals surface area (Å²) < 4.78 is 0. The summed E-state index contributed by atoms with van der Waals surface area (Å²) in [5, 5.41) is 13.5. The van der Waals surface area contributed by atoms with Crippen LogP contribution in [0.25, 0.3) is 0 Å². The molecule has 1 fully saturated rings. The van der Waals surface area contributed by atoms with Gasteiger partial charge < -0.3 is 15.3 Å². The van der Waals surface area contributed by atoms with Gasteiger partial charge in [-0.05, 0) is 54.9 Å². The fourth-order valence-corrected chi connectivity index (χ4v) is 3.38. The van der Waals surface area contributed by atoms with Gasteiger partial charge in [-0.25, -0.2) is 0 Å². The second-order valence-electron chi connectivity index (χ2n) is 5.75. The SMILES string of the molecule is Oc1ccc2c(c1CCN1CCNCC1)CCCC2. The quantitative estimate of drug-likeness (QED) is 0.868. The topological polar surface area (TPSA) is 35.5 Å². The smallest absolute Gasteiger partial charge is 0.119 e. The maximum atomic E-state index is 10.2. The zero-order valence-electron chi connectivity index (χ0n) is 11.6. The number of piperazine rings is 1. The molecular weight excluding hydrogens is 236 g/mol. The van der Waals surface area contributed by atoms with Gasteiger partial charge in [0.1, 0.15) is 5.75 Å². The molecule has 0 radical (unpaired) electrons. The van der Waals surface area contributed by atoms with Gasteiger partial charge in [-0.15, -0.1) is 0 Å². The number of phenols is 1. The molecule has 3 heteroatoms. The summed E-state index contributed by atoms with van der Waals surface area (Å²) in [6.45, 7) is 5.54. The van der Waals surface area contributed by atoms with Gasteiger partial charge in [0, 0.05) is 32.7 Å². The average molecular weight is 260 g/mol. The number of phenolic OH excluding ortho intramolecular Hbond substituents is 1. The van der Waals surface area contributed by atoms with Crippen LogP contribution < -0.4 is 5.32 Å². The van der Waals surface area contributed by atoms with E-state index in [1.165, 1.54) is 36.0 Å². The number of aromatic hydroxyl groups is 1. The van der Waals surface area contributed by atoms with Crippen molar-refractivity contribution in [2.75, 3.05) is 32.7 Å². The average Bonchev–Trinajstić information content (AvgIpc) is 2.47. The molecular formula is C16H24N2O. The molecule has 0 saturated carbocycles. The van der Waals surface area contributed by atoms with E-state index in [1.54, 1.807) is 0 Å². The lowest BCUT2D eigenvalue weighted by atomic mass is 9.86. The first-order valence-electron chi connectivity index (χ1n) is 7.60. The molecule has 0 unspecified atom stereocenters. The number of rotatable bonds is 3. The van der Waals surface area contributed by atoms with Crippen LogP contribution in [-0.2, 0) is 19.3 Å². The van der Waals surface area contributed by atoms with E-state index in [4.69, 9.17) is 0 Å². The van der Waals surface area contributed by atoms with Gasteiger partial charge in [-0.2, -0.15) is 0 Å². The molecule has 1 aromatic carbocycles. The van der Waals surface area contributed by atoms with E-state index in [-0.39, 0.29) is 0 Å². The first-order chi connectivity index (χ1) is 9.34. The number of benzene rings is 1. The molecule has 1 aliphatic heterocycles. The summed E-state index contributed by atoms with van der Waals surface area (Å²) in [6, 6.07) is 4.02. The van der Waals surface area contributed by atoms with Crippen LogP contribution in [-0.4, -0.2) is 42.7 Å². The maximum Gasteiger partial charge on any atom is 0.119 e. The number of nitrogens with one attached hydrogen (secondary N) is 1. The molecule has 2 N–H and O–H groups in total. The Hall–Kier alpha value is -1.06. The minimum Gasteiger partial charge on any atom is -0.508 e. The maximum absolute atomic E-state index is 10.2. The summed E-state index contributed by atoms with van der Waals surface area (Å²) in [6.07, 6.45) is 5.91. The van der Waals surface area contributed by atoms with Crippen molar-refractivity contribution in [2.45, 2.75) is 32.1 Å². The van der Waals surface area contributed by atoms with E-state index < -0.39 is 0 Å². The van der Waals surface area contributed by atoms with Crippen LogP contribution in [0.15, 0.2) is 12.1 Å². The minimum atomic E-state index is 0.510. The predicted octanol–water partition coefficient (Wildman–Crippen LogP) is 1.72. The summed E-state index contributed by atoms with van der Waals surface area (Å²) in [4.78, 5) is 2.50. The second kappa shape index (κ2) is 5.93. The van der Waals surface area contributed by atoms with Crippen molar-refractivity contribution in [3.8, 4) is 5.75 Å². The highest BCUT2D eigenvalue weighted by atomic mass is 16.3. The Morgan fingerprint density at radius 3 is 2.74 bits per heavy atom. The standard InChI is InChI=1S/C16H24N2O/c19-16-6-5-13-3-1-2-4-14(13)15(16)7-10-18-11-8-17-9-12-18/h5-6,17,19H,1-4,7-12H2. The number of hydrogen-bond donors (Lipinski definition) is 2. The van der Waals surface area contributed by atoms with E-state index >= 15 is 0 Å². The fraction of sp³-hybridized carbons (Fsp3) is 0.625. The van der Waals surface area contributed by atoms with Crippen molar-refractivity contribution in [3.63, 3.8) is 0 Å². The van der Waals surface area contributed by atoms with Crippen LogP contribution in [0, 0.1) is 0 Å². The van der Waals surface area contributed by atoms with Crippen molar-refractivity contribution < 1.29 is 5.11 Å². The van der Waals surface area contributed by atoms with Crippen molar-refractivity contribution >= 4 is 0 Å². The van der Waals surface area contributed by atoms with Crippen molar-refractivity contribution in [1.29, 1.82) is 0 Å². The minimum absolute atomic E-state index is 0.510. The molecule has 3 nitrogen and oxygen atoms in total. The first kappa shape index (κ1) is 12.9. The van der Waals surface area contributed by atoms with Crippen LogP contribution in [0.2, 0.25) is 0 Å². The Kier molecular flexibility index (Phi) is 4.04. The molecule has 0 spiro atoms. The van der Waals surface area contributed by atoms with Crippen LogP contribution >= 0.6 is 0 Å². The zero-order chi connectivity index (χ0) is 13.1. The third kappa shape index (κ3) is 2.93. The molecule has 0 bridgehead atoms. The van der Waals surface area contributed by atoms with Gasteiger partial charge in [-0.3, -0.25) is 0 Å².